The van der Waals surface area contributed by atoms with Gasteiger partial charge < -0.3 is 14.6 Å². The molecule has 0 amide bonds. The molecule has 2 aromatic heterocycles. The first kappa shape index (κ1) is 18.7. The molecule has 1 saturated heterocycles. The number of aromatic nitrogens is 4. The number of hydrogen-bond acceptors (Lipinski definition) is 8. The molecule has 1 fully saturated rings. The Morgan fingerprint density at radius 1 is 0.900 bits per heavy atom. The standard InChI is InChI=1S/C22H22N6O2/c1-2-6-16(7-3-1)20-24-22(30-27-20)19-17-8-4-5-9-18(17)21(26-25-19)23-10-11-28-12-14-29-15-13-28/h1-9H,10-15H2,(H,23,26). The second-order valence-corrected chi connectivity index (χ2v) is 7.11. The zero-order chi connectivity index (χ0) is 20.2. The zero-order valence-corrected chi connectivity index (χ0v) is 16.5. The molecule has 1 aliphatic heterocycles. The van der Waals surface area contributed by atoms with Gasteiger partial charge in [0.1, 0.15) is 0 Å². The minimum Gasteiger partial charge on any atom is -0.379 e. The van der Waals surface area contributed by atoms with Gasteiger partial charge in [-0.1, -0.05) is 59.8 Å². The molecule has 1 aliphatic rings. The van der Waals surface area contributed by atoms with Crippen LogP contribution in [0.25, 0.3) is 33.7 Å². The first-order chi connectivity index (χ1) is 14.9. The maximum atomic E-state index is 5.51. The molecule has 0 bridgehead atoms. The van der Waals surface area contributed by atoms with Gasteiger partial charge in [0.2, 0.25) is 5.82 Å². The third-order valence-corrected chi connectivity index (χ3v) is 5.17. The van der Waals surface area contributed by atoms with E-state index in [0.29, 0.717) is 17.4 Å². The quantitative estimate of drug-likeness (QED) is 0.526. The second-order valence-electron chi connectivity index (χ2n) is 7.11. The summed E-state index contributed by atoms with van der Waals surface area (Å²) in [5.41, 5.74) is 1.48. The zero-order valence-electron chi connectivity index (χ0n) is 16.5. The Labute approximate surface area is 173 Å². The Morgan fingerprint density at radius 2 is 1.67 bits per heavy atom. The van der Waals surface area contributed by atoms with Gasteiger partial charge in [-0.05, 0) is 0 Å². The molecule has 5 rings (SSSR count). The number of fused-ring (bicyclic) bond motifs is 1. The lowest BCUT2D eigenvalue weighted by molar-refractivity contribution is 0.0398. The van der Waals surface area contributed by atoms with Crippen LogP contribution in [0.15, 0.2) is 59.1 Å². The molecule has 0 spiro atoms. The number of hydrogen-bond donors (Lipinski definition) is 1. The van der Waals surface area contributed by atoms with Crippen molar-refractivity contribution in [2.45, 2.75) is 0 Å². The van der Waals surface area contributed by atoms with Crippen molar-refractivity contribution in [3.05, 3.63) is 54.6 Å². The molecule has 30 heavy (non-hydrogen) atoms. The summed E-state index contributed by atoms with van der Waals surface area (Å²) < 4.78 is 10.9. The van der Waals surface area contributed by atoms with Gasteiger partial charge in [0.25, 0.3) is 5.89 Å². The van der Waals surface area contributed by atoms with Crippen LogP contribution in [0.5, 0.6) is 0 Å². The Kier molecular flexibility index (Phi) is 5.32. The van der Waals surface area contributed by atoms with Crippen LogP contribution in [-0.4, -0.2) is 64.6 Å². The third kappa shape index (κ3) is 3.87. The summed E-state index contributed by atoms with van der Waals surface area (Å²) in [4.78, 5) is 6.91. The van der Waals surface area contributed by atoms with E-state index < -0.39 is 0 Å². The lowest BCUT2D eigenvalue weighted by Gasteiger charge is -2.26. The molecule has 1 N–H and O–H groups in total. The van der Waals surface area contributed by atoms with E-state index in [9.17, 15) is 0 Å². The van der Waals surface area contributed by atoms with Crippen molar-refractivity contribution in [3.8, 4) is 23.0 Å². The van der Waals surface area contributed by atoms with E-state index in [1.54, 1.807) is 0 Å². The van der Waals surface area contributed by atoms with Crippen molar-refractivity contribution in [3.63, 3.8) is 0 Å². The van der Waals surface area contributed by atoms with Crippen LogP contribution in [0, 0.1) is 0 Å². The summed E-state index contributed by atoms with van der Waals surface area (Å²) in [6.07, 6.45) is 0. The maximum Gasteiger partial charge on any atom is 0.279 e. The smallest absolute Gasteiger partial charge is 0.279 e. The van der Waals surface area contributed by atoms with Crippen LogP contribution in [0.3, 0.4) is 0 Å². The number of nitrogens with one attached hydrogen (secondary N) is 1. The molecule has 8 nitrogen and oxygen atoms in total. The first-order valence-corrected chi connectivity index (χ1v) is 10.1. The number of morpholine rings is 1. The van der Waals surface area contributed by atoms with E-state index in [1.165, 1.54) is 0 Å². The molecule has 2 aromatic carbocycles. The van der Waals surface area contributed by atoms with Crippen molar-refractivity contribution in [2.24, 2.45) is 0 Å². The van der Waals surface area contributed by atoms with Gasteiger partial charge in [0.15, 0.2) is 11.5 Å². The van der Waals surface area contributed by atoms with E-state index in [-0.39, 0.29) is 0 Å². The molecular formula is C22H22N6O2. The monoisotopic (exact) mass is 402 g/mol. The van der Waals surface area contributed by atoms with E-state index in [1.807, 2.05) is 54.6 Å². The van der Waals surface area contributed by atoms with Crippen LogP contribution in [0.4, 0.5) is 5.82 Å². The molecule has 0 unspecified atom stereocenters. The van der Waals surface area contributed by atoms with E-state index >= 15 is 0 Å². The Balaban J connectivity index is 1.39. The number of nitrogens with zero attached hydrogens (tertiary/aromatic N) is 5. The Hall–Kier alpha value is -3.36. The highest BCUT2D eigenvalue weighted by Gasteiger charge is 2.17. The van der Waals surface area contributed by atoms with Crippen LogP contribution in [0.2, 0.25) is 0 Å². The van der Waals surface area contributed by atoms with Crippen molar-refractivity contribution in [1.82, 2.24) is 25.2 Å². The molecule has 0 aliphatic carbocycles. The van der Waals surface area contributed by atoms with Gasteiger partial charge in [-0.25, -0.2) is 0 Å². The van der Waals surface area contributed by atoms with Crippen molar-refractivity contribution < 1.29 is 9.26 Å². The number of benzene rings is 2. The van der Waals surface area contributed by atoms with Gasteiger partial charge >= 0.3 is 0 Å². The van der Waals surface area contributed by atoms with Crippen molar-refractivity contribution in [1.29, 1.82) is 0 Å². The van der Waals surface area contributed by atoms with E-state index in [2.05, 4.69) is 30.6 Å². The number of anilines is 1. The highest BCUT2D eigenvalue weighted by atomic mass is 16.5. The normalized spacial score (nSPS) is 14.8. The predicted molar refractivity (Wildman–Crippen MR) is 114 cm³/mol. The van der Waals surface area contributed by atoms with E-state index in [4.69, 9.17) is 9.26 Å². The minimum atomic E-state index is 0.359. The predicted octanol–water partition coefficient (Wildman–Crippen LogP) is 3.09. The summed E-state index contributed by atoms with van der Waals surface area (Å²) in [5, 5.41) is 18.2. The van der Waals surface area contributed by atoms with Gasteiger partial charge in [-0.15, -0.1) is 10.2 Å². The topological polar surface area (TPSA) is 89.2 Å². The fraction of sp³-hybridized carbons (Fsp3) is 0.273. The summed E-state index contributed by atoms with van der Waals surface area (Å²) in [7, 11) is 0. The average Bonchev–Trinajstić information content (AvgIpc) is 3.30. The van der Waals surface area contributed by atoms with E-state index in [0.717, 1.165) is 61.5 Å². The molecule has 4 aromatic rings. The molecule has 152 valence electrons. The van der Waals surface area contributed by atoms with Gasteiger partial charge in [0, 0.05) is 42.5 Å². The Morgan fingerprint density at radius 3 is 2.50 bits per heavy atom. The third-order valence-electron chi connectivity index (χ3n) is 5.17. The van der Waals surface area contributed by atoms with Gasteiger partial charge in [0.05, 0.1) is 13.2 Å². The Bertz CT molecular complexity index is 1120. The minimum absolute atomic E-state index is 0.359. The van der Waals surface area contributed by atoms with Crippen LogP contribution in [0.1, 0.15) is 0 Å². The highest BCUT2D eigenvalue weighted by Crippen LogP contribution is 2.29. The lowest BCUT2D eigenvalue weighted by atomic mass is 10.1. The molecule has 0 radical (unpaired) electrons. The maximum absolute atomic E-state index is 5.51. The number of rotatable bonds is 6. The van der Waals surface area contributed by atoms with Crippen LogP contribution >= 0.6 is 0 Å². The van der Waals surface area contributed by atoms with Crippen molar-refractivity contribution in [2.75, 3.05) is 44.7 Å². The second kappa shape index (κ2) is 8.56. The first-order valence-electron chi connectivity index (χ1n) is 10.1. The number of ether oxygens (including phenoxy) is 1. The molecule has 0 atom stereocenters. The van der Waals surface area contributed by atoms with Crippen LogP contribution < -0.4 is 5.32 Å². The summed E-state index contributed by atoms with van der Waals surface area (Å²) in [6.45, 7) is 5.25. The SMILES string of the molecule is c1ccc(-c2noc(-c3nnc(NCCN4CCOCC4)c4ccccc34)n2)cc1. The fourth-order valence-electron chi connectivity index (χ4n) is 3.57. The largest absolute Gasteiger partial charge is 0.379 e. The summed E-state index contributed by atoms with van der Waals surface area (Å²) in [6, 6.07) is 17.7. The molecule has 3 heterocycles. The molecule has 0 saturated carbocycles. The fourth-order valence-corrected chi connectivity index (χ4v) is 3.57. The van der Waals surface area contributed by atoms with Gasteiger partial charge in [-0.2, -0.15) is 4.98 Å². The molecule has 8 heteroatoms. The lowest BCUT2D eigenvalue weighted by Crippen LogP contribution is -2.39. The van der Waals surface area contributed by atoms with Crippen LogP contribution in [-0.2, 0) is 4.74 Å². The summed E-state index contributed by atoms with van der Waals surface area (Å²) >= 11 is 0. The van der Waals surface area contributed by atoms with Crippen molar-refractivity contribution >= 4 is 16.6 Å². The average molecular weight is 402 g/mol. The summed E-state index contributed by atoms with van der Waals surface area (Å²) in [5.74, 6) is 1.65. The van der Waals surface area contributed by atoms with Gasteiger partial charge in [-0.3, -0.25) is 4.90 Å². The highest BCUT2D eigenvalue weighted by molar-refractivity contribution is 5.98. The molecular weight excluding hydrogens is 380 g/mol.